The van der Waals surface area contributed by atoms with E-state index < -0.39 is 0 Å². The first kappa shape index (κ1) is 16.5. The zero-order valence-electron chi connectivity index (χ0n) is 14.9. The van der Waals surface area contributed by atoms with Gasteiger partial charge < -0.3 is 9.88 Å². The Morgan fingerprint density at radius 2 is 1.65 bits per heavy atom. The van der Waals surface area contributed by atoms with E-state index in [0.717, 1.165) is 26.6 Å². The summed E-state index contributed by atoms with van der Waals surface area (Å²) in [5, 5.41) is 3.99. The van der Waals surface area contributed by atoms with Crippen LogP contribution in [0.5, 0.6) is 0 Å². The second-order valence-electron chi connectivity index (χ2n) is 6.37. The van der Waals surface area contributed by atoms with Crippen LogP contribution in [0.4, 0.5) is 5.69 Å². The van der Waals surface area contributed by atoms with Crippen LogP contribution >= 0.6 is 11.3 Å². The quantitative estimate of drug-likeness (QED) is 0.541. The maximum atomic E-state index is 12.6. The summed E-state index contributed by atoms with van der Waals surface area (Å²) in [5.74, 6) is -0.113. The first-order valence-electron chi connectivity index (χ1n) is 8.45. The second kappa shape index (κ2) is 6.42. The number of anilines is 1. The Morgan fingerprint density at radius 3 is 2.35 bits per heavy atom. The van der Waals surface area contributed by atoms with Crippen LogP contribution in [0, 0.1) is 20.8 Å². The van der Waals surface area contributed by atoms with Crippen LogP contribution < -0.4 is 5.32 Å². The molecule has 5 heteroatoms. The van der Waals surface area contributed by atoms with E-state index in [1.54, 1.807) is 11.3 Å². The van der Waals surface area contributed by atoms with Crippen molar-refractivity contribution in [3.8, 4) is 5.69 Å². The van der Waals surface area contributed by atoms with E-state index in [-0.39, 0.29) is 5.91 Å². The predicted octanol–water partition coefficient (Wildman–Crippen LogP) is 5.26. The number of thiazole rings is 1. The highest BCUT2D eigenvalue weighted by atomic mass is 32.1. The van der Waals surface area contributed by atoms with Gasteiger partial charge in [-0.25, -0.2) is 4.98 Å². The van der Waals surface area contributed by atoms with Crippen LogP contribution in [0.3, 0.4) is 0 Å². The normalized spacial score (nSPS) is 11.0. The molecule has 1 N–H and O–H groups in total. The van der Waals surface area contributed by atoms with Crippen molar-refractivity contribution < 1.29 is 4.79 Å². The molecule has 0 aliphatic carbocycles. The van der Waals surface area contributed by atoms with E-state index in [1.165, 1.54) is 11.4 Å². The molecule has 0 atom stereocenters. The topological polar surface area (TPSA) is 46.9 Å². The van der Waals surface area contributed by atoms with Crippen molar-refractivity contribution in [3.63, 3.8) is 0 Å². The number of benzene rings is 2. The number of hydrogen-bond donors (Lipinski definition) is 1. The minimum absolute atomic E-state index is 0.113. The summed E-state index contributed by atoms with van der Waals surface area (Å²) in [6.45, 7) is 6.13. The molecule has 0 aliphatic rings. The molecular formula is C21H19N3OS. The summed E-state index contributed by atoms with van der Waals surface area (Å²) in [4.78, 5) is 17.0. The first-order valence-corrected chi connectivity index (χ1v) is 9.27. The molecule has 130 valence electrons. The molecule has 0 saturated carbocycles. The third-order valence-electron chi connectivity index (χ3n) is 4.41. The molecule has 2 aromatic heterocycles. The Balaban J connectivity index is 1.56. The Morgan fingerprint density at radius 1 is 0.962 bits per heavy atom. The van der Waals surface area contributed by atoms with Crippen LogP contribution in [-0.2, 0) is 0 Å². The fraction of sp³-hybridized carbons (Fsp3) is 0.143. The standard InChI is InChI=1S/C21H19N3OS/c1-13-4-5-14(2)24(13)18-9-6-16(7-10-18)21(25)23-17-8-11-19-20(12-17)26-15(3)22-19/h4-12H,1-3H3,(H,23,25). The van der Waals surface area contributed by atoms with E-state index in [4.69, 9.17) is 0 Å². The fourth-order valence-corrected chi connectivity index (χ4v) is 4.02. The van der Waals surface area contributed by atoms with Gasteiger partial charge >= 0.3 is 0 Å². The zero-order chi connectivity index (χ0) is 18.3. The van der Waals surface area contributed by atoms with E-state index in [9.17, 15) is 4.79 Å². The molecule has 1 amide bonds. The smallest absolute Gasteiger partial charge is 0.255 e. The highest BCUT2D eigenvalue weighted by molar-refractivity contribution is 7.18. The lowest BCUT2D eigenvalue weighted by molar-refractivity contribution is 0.102. The van der Waals surface area contributed by atoms with Crippen LogP contribution in [0.15, 0.2) is 54.6 Å². The van der Waals surface area contributed by atoms with Gasteiger partial charge in [0.2, 0.25) is 0 Å². The van der Waals surface area contributed by atoms with Gasteiger partial charge in [0.25, 0.3) is 5.91 Å². The summed E-state index contributed by atoms with van der Waals surface area (Å²) >= 11 is 1.63. The third kappa shape index (κ3) is 3.02. The molecule has 0 unspecified atom stereocenters. The average molecular weight is 361 g/mol. The third-order valence-corrected chi connectivity index (χ3v) is 5.35. The Labute approximate surface area is 156 Å². The van der Waals surface area contributed by atoms with Gasteiger partial charge in [-0.05, 0) is 75.4 Å². The predicted molar refractivity (Wildman–Crippen MR) is 108 cm³/mol. The Bertz CT molecular complexity index is 1090. The summed E-state index contributed by atoms with van der Waals surface area (Å²) in [6, 6.07) is 17.7. The van der Waals surface area contributed by atoms with Crippen molar-refractivity contribution >= 4 is 33.1 Å². The van der Waals surface area contributed by atoms with Gasteiger partial charge in [0.15, 0.2) is 0 Å². The van der Waals surface area contributed by atoms with E-state index in [0.29, 0.717) is 5.56 Å². The average Bonchev–Trinajstić information content (AvgIpc) is 3.15. The van der Waals surface area contributed by atoms with Gasteiger partial charge in [0.1, 0.15) is 0 Å². The molecule has 0 bridgehead atoms. The van der Waals surface area contributed by atoms with E-state index in [2.05, 4.69) is 40.8 Å². The largest absolute Gasteiger partial charge is 0.322 e. The number of rotatable bonds is 3. The van der Waals surface area contributed by atoms with Gasteiger partial charge in [-0.2, -0.15) is 0 Å². The summed E-state index contributed by atoms with van der Waals surface area (Å²) in [7, 11) is 0. The lowest BCUT2D eigenvalue weighted by Gasteiger charge is -2.10. The molecule has 2 heterocycles. The van der Waals surface area contributed by atoms with Crippen LogP contribution in [0.25, 0.3) is 15.9 Å². The molecule has 0 spiro atoms. The summed E-state index contributed by atoms with van der Waals surface area (Å²) in [6.07, 6.45) is 0. The van der Waals surface area contributed by atoms with Crippen LogP contribution in [-0.4, -0.2) is 15.5 Å². The van der Waals surface area contributed by atoms with Gasteiger partial charge in [-0.15, -0.1) is 11.3 Å². The number of amides is 1. The maximum Gasteiger partial charge on any atom is 0.255 e. The summed E-state index contributed by atoms with van der Waals surface area (Å²) < 4.78 is 3.25. The lowest BCUT2D eigenvalue weighted by Crippen LogP contribution is -2.12. The van der Waals surface area contributed by atoms with Crippen LogP contribution in [0.2, 0.25) is 0 Å². The molecule has 2 aromatic carbocycles. The molecule has 0 saturated heterocycles. The lowest BCUT2D eigenvalue weighted by atomic mass is 10.2. The van der Waals surface area contributed by atoms with Crippen molar-refractivity contribution in [1.29, 1.82) is 0 Å². The second-order valence-corrected chi connectivity index (χ2v) is 7.60. The van der Waals surface area contributed by atoms with Gasteiger partial charge in [-0.3, -0.25) is 4.79 Å². The molecular weight excluding hydrogens is 342 g/mol. The first-order chi connectivity index (χ1) is 12.5. The minimum Gasteiger partial charge on any atom is -0.322 e. The zero-order valence-corrected chi connectivity index (χ0v) is 15.7. The fourth-order valence-electron chi connectivity index (χ4n) is 3.16. The number of carbonyl (C=O) groups is 1. The maximum absolute atomic E-state index is 12.6. The molecule has 4 aromatic rings. The number of nitrogens with zero attached hydrogens (tertiary/aromatic N) is 2. The Kier molecular flexibility index (Phi) is 4.09. The Hall–Kier alpha value is -2.92. The van der Waals surface area contributed by atoms with Crippen molar-refractivity contribution in [3.05, 3.63) is 76.6 Å². The van der Waals surface area contributed by atoms with Gasteiger partial charge in [-0.1, -0.05) is 0 Å². The molecule has 0 fully saturated rings. The highest BCUT2D eigenvalue weighted by Gasteiger charge is 2.09. The number of nitrogens with one attached hydrogen (secondary N) is 1. The molecule has 4 rings (SSSR count). The van der Waals surface area contributed by atoms with Gasteiger partial charge in [0.05, 0.1) is 15.2 Å². The van der Waals surface area contributed by atoms with E-state index >= 15 is 0 Å². The monoisotopic (exact) mass is 361 g/mol. The van der Waals surface area contributed by atoms with Crippen molar-refractivity contribution in [1.82, 2.24) is 9.55 Å². The van der Waals surface area contributed by atoms with Crippen molar-refractivity contribution in [2.24, 2.45) is 0 Å². The SMILES string of the molecule is Cc1nc2ccc(NC(=O)c3ccc(-n4c(C)ccc4C)cc3)cc2s1. The minimum atomic E-state index is -0.113. The van der Waals surface area contributed by atoms with Crippen LogP contribution in [0.1, 0.15) is 26.8 Å². The molecule has 0 radical (unpaired) electrons. The van der Waals surface area contributed by atoms with E-state index in [1.807, 2.05) is 49.4 Å². The number of hydrogen-bond acceptors (Lipinski definition) is 3. The van der Waals surface area contributed by atoms with Crippen molar-refractivity contribution in [2.45, 2.75) is 20.8 Å². The molecule has 4 nitrogen and oxygen atoms in total. The van der Waals surface area contributed by atoms with Gasteiger partial charge in [0, 0.05) is 28.3 Å². The number of fused-ring (bicyclic) bond motifs is 1. The summed E-state index contributed by atoms with van der Waals surface area (Å²) in [5.41, 5.74) is 5.79. The molecule has 26 heavy (non-hydrogen) atoms. The highest BCUT2D eigenvalue weighted by Crippen LogP contribution is 2.25. The number of aromatic nitrogens is 2. The number of carbonyl (C=O) groups excluding carboxylic acids is 1. The number of aryl methyl sites for hydroxylation is 3. The molecule has 0 aliphatic heterocycles. The van der Waals surface area contributed by atoms with Crippen molar-refractivity contribution in [2.75, 3.05) is 5.32 Å².